The Kier molecular flexibility index (Phi) is 3.41. The van der Waals surface area contributed by atoms with Crippen molar-refractivity contribution in [3.63, 3.8) is 0 Å². The highest BCUT2D eigenvalue weighted by atomic mass is 19.4. The Bertz CT molecular complexity index is 402. The molecule has 0 aliphatic heterocycles. The molecule has 0 saturated carbocycles. The maximum Gasteiger partial charge on any atom is 0.416 e. The van der Waals surface area contributed by atoms with Crippen LogP contribution in [0.4, 0.5) is 13.2 Å². The number of aromatic hydroxyl groups is 1. The number of carbonyl (C=O) groups excluding carboxylic acids is 1. The van der Waals surface area contributed by atoms with Crippen molar-refractivity contribution < 1.29 is 23.1 Å². The van der Waals surface area contributed by atoms with E-state index in [0.29, 0.717) is 12.6 Å². The van der Waals surface area contributed by atoms with Crippen LogP contribution in [-0.2, 0) is 6.18 Å². The second kappa shape index (κ2) is 4.42. The van der Waals surface area contributed by atoms with Gasteiger partial charge in [0.1, 0.15) is 5.75 Å². The van der Waals surface area contributed by atoms with E-state index < -0.39 is 23.4 Å². The fourth-order valence-electron chi connectivity index (χ4n) is 1.16. The fourth-order valence-corrected chi connectivity index (χ4v) is 1.16. The van der Waals surface area contributed by atoms with Gasteiger partial charge in [-0.15, -0.1) is 0 Å². The third-order valence-corrected chi connectivity index (χ3v) is 1.91. The molecule has 16 heavy (non-hydrogen) atoms. The number of phenols is 1. The number of benzene rings is 1. The van der Waals surface area contributed by atoms with Crippen LogP contribution in [0.1, 0.15) is 22.8 Å². The molecule has 0 unspecified atom stereocenters. The predicted molar refractivity (Wildman–Crippen MR) is 51.1 cm³/mol. The van der Waals surface area contributed by atoms with Crippen molar-refractivity contribution >= 4 is 5.91 Å². The molecule has 0 bridgehead atoms. The molecule has 6 heteroatoms. The summed E-state index contributed by atoms with van der Waals surface area (Å²) in [5, 5.41) is 11.7. The summed E-state index contributed by atoms with van der Waals surface area (Å²) in [5.41, 5.74) is -1.16. The van der Waals surface area contributed by atoms with Gasteiger partial charge in [-0.2, -0.15) is 13.2 Å². The summed E-state index contributed by atoms with van der Waals surface area (Å²) >= 11 is 0. The molecule has 0 aromatic heterocycles. The zero-order valence-electron chi connectivity index (χ0n) is 8.43. The second-order valence-corrected chi connectivity index (χ2v) is 3.09. The first-order valence-corrected chi connectivity index (χ1v) is 4.54. The third kappa shape index (κ3) is 2.65. The van der Waals surface area contributed by atoms with Crippen LogP contribution < -0.4 is 5.32 Å². The molecule has 0 saturated heterocycles. The van der Waals surface area contributed by atoms with Crippen LogP contribution in [0.2, 0.25) is 0 Å². The van der Waals surface area contributed by atoms with Gasteiger partial charge in [0.2, 0.25) is 0 Å². The first-order valence-electron chi connectivity index (χ1n) is 4.54. The summed E-state index contributed by atoms with van der Waals surface area (Å²) in [6.07, 6.45) is -4.53. The minimum absolute atomic E-state index is 0.171. The summed E-state index contributed by atoms with van der Waals surface area (Å²) in [7, 11) is 0. The van der Waals surface area contributed by atoms with E-state index in [-0.39, 0.29) is 5.56 Å². The average molecular weight is 233 g/mol. The topological polar surface area (TPSA) is 49.3 Å². The summed E-state index contributed by atoms with van der Waals surface area (Å²) in [6.45, 7) is 2.00. The Hall–Kier alpha value is -1.72. The molecule has 3 nitrogen and oxygen atoms in total. The summed E-state index contributed by atoms with van der Waals surface area (Å²) in [5.74, 6) is -1.28. The number of amides is 1. The molecule has 0 aliphatic carbocycles. The quantitative estimate of drug-likeness (QED) is 0.822. The first kappa shape index (κ1) is 12.4. The van der Waals surface area contributed by atoms with Crippen LogP contribution in [0.25, 0.3) is 0 Å². The van der Waals surface area contributed by atoms with Crippen molar-refractivity contribution in [3.8, 4) is 5.75 Å². The van der Waals surface area contributed by atoms with Gasteiger partial charge in [-0.05, 0) is 25.1 Å². The first-order chi connectivity index (χ1) is 7.36. The standard InChI is InChI=1S/C10H10F3NO2/c1-2-14-9(16)7-4-3-6(5-8(7)15)10(11,12)13/h3-5,15H,2H2,1H3,(H,14,16). The van der Waals surface area contributed by atoms with E-state index >= 15 is 0 Å². The fraction of sp³-hybridized carbons (Fsp3) is 0.300. The SMILES string of the molecule is CCNC(=O)c1ccc(C(F)(F)F)cc1O. The normalized spacial score (nSPS) is 11.2. The highest BCUT2D eigenvalue weighted by molar-refractivity contribution is 5.96. The third-order valence-electron chi connectivity index (χ3n) is 1.91. The molecule has 1 rings (SSSR count). The molecule has 1 amide bonds. The molecule has 2 N–H and O–H groups in total. The van der Waals surface area contributed by atoms with E-state index in [0.717, 1.165) is 12.1 Å². The highest BCUT2D eigenvalue weighted by Gasteiger charge is 2.31. The molecule has 1 aromatic rings. The molecule has 0 atom stereocenters. The van der Waals surface area contributed by atoms with Crippen LogP contribution in [0.15, 0.2) is 18.2 Å². The molecule has 0 fully saturated rings. The van der Waals surface area contributed by atoms with E-state index in [2.05, 4.69) is 5.32 Å². The summed E-state index contributed by atoms with van der Waals surface area (Å²) in [4.78, 5) is 11.3. The second-order valence-electron chi connectivity index (χ2n) is 3.09. The van der Waals surface area contributed by atoms with E-state index in [4.69, 9.17) is 0 Å². The number of rotatable bonds is 2. The van der Waals surface area contributed by atoms with Crippen LogP contribution in [0.5, 0.6) is 5.75 Å². The Morgan fingerprint density at radius 1 is 1.44 bits per heavy atom. The van der Waals surface area contributed by atoms with Crippen LogP contribution in [0, 0.1) is 0 Å². The zero-order chi connectivity index (χ0) is 12.3. The molecular formula is C10H10F3NO2. The van der Waals surface area contributed by atoms with Crippen molar-refractivity contribution in [1.29, 1.82) is 0 Å². The maximum absolute atomic E-state index is 12.2. The minimum Gasteiger partial charge on any atom is -0.507 e. The van der Waals surface area contributed by atoms with Gasteiger partial charge in [-0.1, -0.05) is 0 Å². The average Bonchev–Trinajstić information content (AvgIpc) is 2.16. The van der Waals surface area contributed by atoms with Crippen molar-refractivity contribution in [1.82, 2.24) is 5.32 Å². The highest BCUT2D eigenvalue weighted by Crippen LogP contribution is 2.32. The largest absolute Gasteiger partial charge is 0.507 e. The monoisotopic (exact) mass is 233 g/mol. The summed E-state index contributed by atoms with van der Waals surface area (Å²) < 4.78 is 36.7. The summed E-state index contributed by atoms with van der Waals surface area (Å²) in [6, 6.07) is 2.23. The van der Waals surface area contributed by atoms with Gasteiger partial charge in [-0.25, -0.2) is 0 Å². The van der Waals surface area contributed by atoms with Gasteiger partial charge in [0, 0.05) is 6.54 Å². The molecule has 88 valence electrons. The Balaban J connectivity index is 3.05. The van der Waals surface area contributed by atoms with Crippen molar-refractivity contribution in [3.05, 3.63) is 29.3 Å². The van der Waals surface area contributed by atoms with E-state index in [1.54, 1.807) is 6.92 Å². The van der Waals surface area contributed by atoms with Crippen molar-refractivity contribution in [2.75, 3.05) is 6.54 Å². The molecular weight excluding hydrogens is 223 g/mol. The van der Waals surface area contributed by atoms with Gasteiger partial charge >= 0.3 is 6.18 Å². The molecule has 0 heterocycles. The van der Waals surface area contributed by atoms with Crippen molar-refractivity contribution in [2.24, 2.45) is 0 Å². The number of alkyl halides is 3. The molecule has 0 spiro atoms. The van der Waals surface area contributed by atoms with E-state index in [1.807, 2.05) is 0 Å². The van der Waals surface area contributed by atoms with Crippen LogP contribution in [-0.4, -0.2) is 17.6 Å². The number of carbonyl (C=O) groups is 1. The Labute approximate surface area is 89.9 Å². The number of phenolic OH excluding ortho intramolecular Hbond substituents is 1. The number of nitrogens with one attached hydrogen (secondary N) is 1. The van der Waals surface area contributed by atoms with E-state index in [1.165, 1.54) is 0 Å². The molecule has 0 radical (unpaired) electrons. The van der Waals surface area contributed by atoms with Gasteiger partial charge in [0.05, 0.1) is 11.1 Å². The maximum atomic E-state index is 12.2. The van der Waals surface area contributed by atoms with Crippen molar-refractivity contribution in [2.45, 2.75) is 13.1 Å². The van der Waals surface area contributed by atoms with Gasteiger partial charge in [-0.3, -0.25) is 4.79 Å². The number of hydrogen-bond donors (Lipinski definition) is 2. The molecule has 0 aliphatic rings. The van der Waals surface area contributed by atoms with Crippen LogP contribution in [0.3, 0.4) is 0 Å². The number of hydrogen-bond acceptors (Lipinski definition) is 2. The zero-order valence-corrected chi connectivity index (χ0v) is 8.43. The smallest absolute Gasteiger partial charge is 0.416 e. The van der Waals surface area contributed by atoms with Gasteiger partial charge in [0.25, 0.3) is 5.91 Å². The van der Waals surface area contributed by atoms with Gasteiger partial charge < -0.3 is 10.4 Å². The number of halogens is 3. The Morgan fingerprint density at radius 2 is 2.06 bits per heavy atom. The van der Waals surface area contributed by atoms with E-state index in [9.17, 15) is 23.1 Å². The lowest BCUT2D eigenvalue weighted by atomic mass is 10.1. The van der Waals surface area contributed by atoms with Gasteiger partial charge in [0.15, 0.2) is 0 Å². The lowest BCUT2D eigenvalue weighted by molar-refractivity contribution is -0.137. The lowest BCUT2D eigenvalue weighted by Crippen LogP contribution is -2.22. The lowest BCUT2D eigenvalue weighted by Gasteiger charge is -2.09. The Morgan fingerprint density at radius 3 is 2.50 bits per heavy atom. The minimum atomic E-state index is -4.53. The van der Waals surface area contributed by atoms with Crippen LogP contribution >= 0.6 is 0 Å². The predicted octanol–water partition coefficient (Wildman–Crippen LogP) is 2.16. The molecule has 1 aromatic carbocycles.